The number of benzene rings is 2. The predicted octanol–water partition coefficient (Wildman–Crippen LogP) is 4.40. The van der Waals surface area contributed by atoms with E-state index in [9.17, 15) is 0 Å². The Morgan fingerprint density at radius 1 is 1.10 bits per heavy atom. The molecule has 6 nitrogen and oxygen atoms in total. The molecular formula is C22H27IN4O2. The number of aryl methyl sites for hydroxylation is 1. The Morgan fingerprint density at radius 3 is 2.52 bits per heavy atom. The highest BCUT2D eigenvalue weighted by molar-refractivity contribution is 14.0. The first kappa shape index (κ1) is 22.7. The van der Waals surface area contributed by atoms with E-state index in [0.717, 1.165) is 17.0 Å². The van der Waals surface area contributed by atoms with Gasteiger partial charge in [-0.05, 0) is 38.1 Å². The average molecular weight is 506 g/mol. The molecule has 7 heteroatoms. The van der Waals surface area contributed by atoms with Crippen LogP contribution in [0, 0.1) is 6.92 Å². The highest BCUT2D eigenvalue weighted by Gasteiger charge is 2.08. The first-order chi connectivity index (χ1) is 13.6. The van der Waals surface area contributed by atoms with Gasteiger partial charge in [-0.3, -0.25) is 4.99 Å². The first-order valence-electron chi connectivity index (χ1n) is 9.31. The van der Waals surface area contributed by atoms with E-state index in [1.54, 1.807) is 13.3 Å². The van der Waals surface area contributed by atoms with Crippen molar-refractivity contribution in [3.8, 4) is 17.2 Å². The third-order valence-electron chi connectivity index (χ3n) is 4.15. The summed E-state index contributed by atoms with van der Waals surface area (Å²) in [6.07, 6.45) is 1.66. The Hall–Kier alpha value is -2.55. The summed E-state index contributed by atoms with van der Waals surface area (Å²) in [7, 11) is 1.74. The number of hydrogen-bond acceptors (Lipinski definition) is 4. The number of aromatic nitrogens is 1. The van der Waals surface area contributed by atoms with E-state index in [4.69, 9.17) is 9.15 Å². The molecule has 0 aliphatic rings. The summed E-state index contributed by atoms with van der Waals surface area (Å²) in [6, 6.07) is 17.9. The van der Waals surface area contributed by atoms with Gasteiger partial charge in [0.25, 0.3) is 0 Å². The lowest BCUT2D eigenvalue weighted by Gasteiger charge is -2.17. The van der Waals surface area contributed by atoms with Gasteiger partial charge in [0, 0.05) is 12.6 Å². The van der Waals surface area contributed by atoms with Crippen molar-refractivity contribution in [2.24, 2.45) is 4.99 Å². The number of nitrogens with one attached hydrogen (secondary N) is 2. The number of ether oxygens (including phenoxy) is 1. The monoisotopic (exact) mass is 506 g/mol. The zero-order valence-corrected chi connectivity index (χ0v) is 19.2. The van der Waals surface area contributed by atoms with Crippen molar-refractivity contribution in [3.05, 3.63) is 72.1 Å². The van der Waals surface area contributed by atoms with Crippen molar-refractivity contribution >= 4 is 29.9 Å². The normalized spacial score (nSPS) is 12.0. The van der Waals surface area contributed by atoms with Crippen LogP contribution in [0.4, 0.5) is 0 Å². The third kappa shape index (κ3) is 7.08. The highest BCUT2D eigenvalue weighted by Crippen LogP contribution is 2.17. The summed E-state index contributed by atoms with van der Waals surface area (Å²) in [5.74, 6) is 2.16. The van der Waals surface area contributed by atoms with Gasteiger partial charge in [-0.25, -0.2) is 4.98 Å². The maximum absolute atomic E-state index is 5.91. The molecule has 3 aromatic rings. The minimum Gasteiger partial charge on any atom is -0.489 e. The standard InChI is InChI=1S/C22H26N4O2.HI/c1-16-9-11-20(12-10-16)28-17(2)13-24-22(23-3)25-14-19-15-27-21(26-19)18-7-5-4-6-8-18;/h4-12,15,17H,13-14H2,1-3H3,(H2,23,24,25);1H. The summed E-state index contributed by atoms with van der Waals surface area (Å²) in [6.45, 7) is 5.22. The lowest BCUT2D eigenvalue weighted by Crippen LogP contribution is -2.41. The maximum atomic E-state index is 5.91. The lowest BCUT2D eigenvalue weighted by molar-refractivity contribution is 0.224. The third-order valence-corrected chi connectivity index (χ3v) is 4.15. The van der Waals surface area contributed by atoms with Crippen molar-refractivity contribution in [2.75, 3.05) is 13.6 Å². The molecule has 3 rings (SSSR count). The van der Waals surface area contributed by atoms with Gasteiger partial charge in [0.15, 0.2) is 5.96 Å². The molecule has 29 heavy (non-hydrogen) atoms. The quantitative estimate of drug-likeness (QED) is 0.283. The number of halogens is 1. The van der Waals surface area contributed by atoms with Gasteiger partial charge in [-0.1, -0.05) is 35.9 Å². The zero-order valence-electron chi connectivity index (χ0n) is 16.9. The Labute approximate surface area is 188 Å². The highest BCUT2D eigenvalue weighted by atomic mass is 127. The number of guanidine groups is 1. The van der Waals surface area contributed by atoms with Crippen molar-refractivity contribution in [2.45, 2.75) is 26.5 Å². The summed E-state index contributed by atoms with van der Waals surface area (Å²) in [4.78, 5) is 8.75. The zero-order chi connectivity index (χ0) is 19.8. The van der Waals surface area contributed by atoms with Crippen LogP contribution in [0.3, 0.4) is 0 Å². The molecule has 2 aromatic carbocycles. The van der Waals surface area contributed by atoms with E-state index < -0.39 is 0 Å². The molecule has 1 heterocycles. The molecule has 0 spiro atoms. The van der Waals surface area contributed by atoms with Gasteiger partial charge in [-0.2, -0.15) is 0 Å². The largest absolute Gasteiger partial charge is 0.489 e. The molecule has 0 aliphatic heterocycles. The maximum Gasteiger partial charge on any atom is 0.226 e. The lowest BCUT2D eigenvalue weighted by atomic mass is 10.2. The molecule has 1 unspecified atom stereocenters. The minimum atomic E-state index is -0.00186. The van der Waals surface area contributed by atoms with Crippen LogP contribution in [0.2, 0.25) is 0 Å². The van der Waals surface area contributed by atoms with E-state index in [1.807, 2.05) is 61.5 Å². The Balaban J connectivity index is 0.00000300. The first-order valence-corrected chi connectivity index (χ1v) is 9.31. The molecule has 2 N–H and O–H groups in total. The smallest absolute Gasteiger partial charge is 0.226 e. The van der Waals surface area contributed by atoms with Crippen molar-refractivity contribution in [1.82, 2.24) is 15.6 Å². The Bertz CT molecular complexity index is 895. The molecule has 0 fully saturated rings. The molecule has 1 atom stereocenters. The van der Waals surface area contributed by atoms with Crippen molar-refractivity contribution in [3.63, 3.8) is 0 Å². The number of aliphatic imine (C=N–C) groups is 1. The van der Waals surface area contributed by atoms with Crippen molar-refractivity contribution in [1.29, 1.82) is 0 Å². The van der Waals surface area contributed by atoms with Gasteiger partial charge < -0.3 is 19.8 Å². The topological polar surface area (TPSA) is 71.7 Å². The van der Waals surface area contributed by atoms with Gasteiger partial charge in [0.1, 0.15) is 18.1 Å². The molecule has 0 radical (unpaired) electrons. The second-order valence-corrected chi connectivity index (χ2v) is 6.56. The molecule has 1 aromatic heterocycles. The number of rotatable bonds is 7. The van der Waals surface area contributed by atoms with E-state index >= 15 is 0 Å². The Kier molecular flexibility index (Phi) is 8.98. The predicted molar refractivity (Wildman–Crippen MR) is 127 cm³/mol. The van der Waals surface area contributed by atoms with Gasteiger partial charge in [-0.15, -0.1) is 24.0 Å². The van der Waals surface area contributed by atoms with Gasteiger partial charge in [0.05, 0.1) is 18.8 Å². The van der Waals surface area contributed by atoms with Crippen LogP contribution >= 0.6 is 24.0 Å². The van der Waals surface area contributed by atoms with Crippen LogP contribution in [-0.4, -0.2) is 30.6 Å². The summed E-state index contributed by atoms with van der Waals surface area (Å²) < 4.78 is 11.5. The average Bonchev–Trinajstić information content (AvgIpc) is 3.20. The van der Waals surface area contributed by atoms with Gasteiger partial charge >= 0.3 is 0 Å². The molecule has 0 bridgehead atoms. The number of hydrogen-bond donors (Lipinski definition) is 2. The summed E-state index contributed by atoms with van der Waals surface area (Å²) in [5, 5.41) is 6.50. The van der Waals surface area contributed by atoms with Crippen LogP contribution in [0.1, 0.15) is 18.2 Å². The van der Waals surface area contributed by atoms with Crippen LogP contribution in [-0.2, 0) is 6.54 Å². The molecule has 0 aliphatic carbocycles. The van der Waals surface area contributed by atoms with E-state index in [1.165, 1.54) is 5.56 Å². The second kappa shape index (κ2) is 11.5. The van der Waals surface area contributed by atoms with E-state index in [0.29, 0.717) is 24.9 Å². The van der Waals surface area contributed by atoms with E-state index in [-0.39, 0.29) is 30.1 Å². The molecule has 0 amide bonds. The van der Waals surface area contributed by atoms with Crippen LogP contribution in [0.5, 0.6) is 5.75 Å². The van der Waals surface area contributed by atoms with Gasteiger partial charge in [0.2, 0.25) is 5.89 Å². The Morgan fingerprint density at radius 2 is 1.83 bits per heavy atom. The summed E-state index contributed by atoms with van der Waals surface area (Å²) >= 11 is 0. The van der Waals surface area contributed by atoms with Crippen LogP contribution in [0.15, 0.2) is 70.3 Å². The van der Waals surface area contributed by atoms with E-state index in [2.05, 4.69) is 27.5 Å². The minimum absolute atomic E-state index is 0. The SMILES string of the molecule is CN=C(NCc1coc(-c2ccccc2)n1)NCC(C)Oc1ccc(C)cc1.I. The summed E-state index contributed by atoms with van der Waals surface area (Å²) in [5.41, 5.74) is 2.98. The van der Waals surface area contributed by atoms with Crippen molar-refractivity contribution < 1.29 is 9.15 Å². The fourth-order valence-corrected chi connectivity index (χ4v) is 2.63. The second-order valence-electron chi connectivity index (χ2n) is 6.56. The fourth-order valence-electron chi connectivity index (χ4n) is 2.63. The van der Waals surface area contributed by atoms with Crippen LogP contribution < -0.4 is 15.4 Å². The molecular weight excluding hydrogens is 479 g/mol. The number of oxazole rings is 1. The molecule has 0 saturated carbocycles. The molecule has 0 saturated heterocycles. The fraction of sp³-hybridized carbons (Fsp3) is 0.273. The van der Waals surface area contributed by atoms with Crippen LogP contribution in [0.25, 0.3) is 11.5 Å². The number of nitrogens with zero attached hydrogens (tertiary/aromatic N) is 2. The molecule has 154 valence electrons.